The van der Waals surface area contributed by atoms with Gasteiger partial charge in [0.25, 0.3) is 0 Å². The minimum Gasteiger partial charge on any atom is -0.316 e. The van der Waals surface area contributed by atoms with Gasteiger partial charge >= 0.3 is 0 Å². The number of pyridine rings is 1. The van der Waals surface area contributed by atoms with Gasteiger partial charge in [-0.25, -0.2) is 9.50 Å². The Bertz CT molecular complexity index is 543. The molecule has 3 rings (SSSR count). The summed E-state index contributed by atoms with van der Waals surface area (Å²) in [7, 11) is 0. The minimum atomic E-state index is 0.417. The predicted molar refractivity (Wildman–Crippen MR) is 67.6 cm³/mol. The van der Waals surface area contributed by atoms with Crippen molar-refractivity contribution in [3.8, 4) is 0 Å². The number of aromatic nitrogens is 3. The molecular weight excluding hydrogens is 236 g/mol. The summed E-state index contributed by atoms with van der Waals surface area (Å²) in [6.07, 6.45) is 4.31. The van der Waals surface area contributed by atoms with Gasteiger partial charge in [-0.15, -0.1) is 0 Å². The molecule has 4 nitrogen and oxygen atoms in total. The quantitative estimate of drug-likeness (QED) is 0.843. The lowest BCUT2D eigenvalue weighted by molar-refractivity contribution is 0.447. The first-order chi connectivity index (χ1) is 8.24. The van der Waals surface area contributed by atoms with Gasteiger partial charge in [0, 0.05) is 18.7 Å². The van der Waals surface area contributed by atoms with Crippen LogP contribution in [0.3, 0.4) is 0 Å². The van der Waals surface area contributed by atoms with Crippen molar-refractivity contribution in [3.05, 3.63) is 28.7 Å². The summed E-state index contributed by atoms with van der Waals surface area (Å²) in [4.78, 5) is 4.56. The standard InChI is InChI=1S/C12H15ClN4/c1-8-5-10(13)12-15-11(16-17(12)7-8)9-3-2-4-14-6-9/h5,7,9,14H,2-4,6H2,1H3. The van der Waals surface area contributed by atoms with Gasteiger partial charge in [0.2, 0.25) is 0 Å². The van der Waals surface area contributed by atoms with E-state index < -0.39 is 0 Å². The molecule has 1 unspecified atom stereocenters. The van der Waals surface area contributed by atoms with Crippen molar-refractivity contribution in [2.45, 2.75) is 25.7 Å². The molecule has 0 radical (unpaired) electrons. The van der Waals surface area contributed by atoms with E-state index in [0.29, 0.717) is 10.9 Å². The van der Waals surface area contributed by atoms with E-state index in [-0.39, 0.29) is 0 Å². The van der Waals surface area contributed by atoms with Crippen LogP contribution < -0.4 is 5.32 Å². The van der Waals surface area contributed by atoms with Crippen molar-refractivity contribution in [2.24, 2.45) is 0 Å². The highest BCUT2D eigenvalue weighted by Crippen LogP contribution is 2.23. The fourth-order valence-corrected chi connectivity index (χ4v) is 2.63. The summed E-state index contributed by atoms with van der Waals surface area (Å²) in [6.45, 7) is 4.08. The largest absolute Gasteiger partial charge is 0.316 e. The number of halogens is 1. The van der Waals surface area contributed by atoms with Crippen LogP contribution in [0.2, 0.25) is 5.02 Å². The first-order valence-corrected chi connectivity index (χ1v) is 6.35. The Kier molecular flexibility index (Phi) is 2.76. The van der Waals surface area contributed by atoms with Crippen LogP contribution in [0.4, 0.5) is 0 Å². The summed E-state index contributed by atoms with van der Waals surface area (Å²) in [5, 5.41) is 8.59. The summed E-state index contributed by atoms with van der Waals surface area (Å²) in [5.41, 5.74) is 1.86. The van der Waals surface area contributed by atoms with E-state index in [9.17, 15) is 0 Å². The van der Waals surface area contributed by atoms with Crippen LogP contribution in [0, 0.1) is 6.92 Å². The zero-order chi connectivity index (χ0) is 11.8. The first kappa shape index (κ1) is 11.0. The molecule has 1 aliphatic heterocycles. The Morgan fingerprint density at radius 3 is 3.18 bits per heavy atom. The molecule has 2 aromatic rings. The predicted octanol–water partition coefficient (Wildman–Crippen LogP) is 2.16. The zero-order valence-electron chi connectivity index (χ0n) is 9.78. The first-order valence-electron chi connectivity index (χ1n) is 5.97. The molecule has 0 spiro atoms. The Labute approximate surface area is 105 Å². The van der Waals surface area contributed by atoms with E-state index in [1.54, 1.807) is 4.52 Å². The number of nitrogens with zero attached hydrogens (tertiary/aromatic N) is 3. The monoisotopic (exact) mass is 250 g/mol. The number of nitrogens with one attached hydrogen (secondary N) is 1. The number of fused-ring (bicyclic) bond motifs is 1. The Morgan fingerprint density at radius 1 is 1.53 bits per heavy atom. The summed E-state index contributed by atoms with van der Waals surface area (Å²) >= 11 is 6.18. The van der Waals surface area contributed by atoms with Crippen LogP contribution in [0.5, 0.6) is 0 Å². The van der Waals surface area contributed by atoms with Crippen LogP contribution in [0.15, 0.2) is 12.3 Å². The fourth-order valence-electron chi connectivity index (χ4n) is 2.33. The number of hydrogen-bond donors (Lipinski definition) is 1. The smallest absolute Gasteiger partial charge is 0.174 e. The maximum atomic E-state index is 6.18. The van der Waals surface area contributed by atoms with Gasteiger partial charge < -0.3 is 5.32 Å². The molecule has 17 heavy (non-hydrogen) atoms. The summed E-state index contributed by atoms with van der Waals surface area (Å²) < 4.78 is 1.79. The van der Waals surface area contributed by atoms with Crippen molar-refractivity contribution >= 4 is 17.2 Å². The number of piperidine rings is 1. The molecule has 3 heterocycles. The molecule has 0 amide bonds. The molecule has 90 valence electrons. The van der Waals surface area contributed by atoms with E-state index in [1.165, 1.54) is 6.42 Å². The van der Waals surface area contributed by atoms with E-state index in [1.807, 2.05) is 19.2 Å². The fraction of sp³-hybridized carbons (Fsp3) is 0.500. The molecule has 5 heteroatoms. The molecule has 1 N–H and O–H groups in total. The van der Waals surface area contributed by atoms with Gasteiger partial charge in [0.05, 0.1) is 5.02 Å². The van der Waals surface area contributed by atoms with Crippen molar-refractivity contribution in [3.63, 3.8) is 0 Å². The van der Waals surface area contributed by atoms with Gasteiger partial charge in [-0.2, -0.15) is 5.10 Å². The maximum Gasteiger partial charge on any atom is 0.174 e. The van der Waals surface area contributed by atoms with Gasteiger partial charge in [-0.3, -0.25) is 0 Å². The lowest BCUT2D eigenvalue weighted by atomic mass is 9.99. The van der Waals surface area contributed by atoms with Gasteiger partial charge in [0.15, 0.2) is 11.5 Å². The second-order valence-corrected chi connectivity index (χ2v) is 5.05. The molecule has 1 atom stereocenters. The lowest BCUT2D eigenvalue weighted by Crippen LogP contribution is -2.28. The molecular formula is C12H15ClN4. The highest BCUT2D eigenvalue weighted by Gasteiger charge is 2.20. The van der Waals surface area contributed by atoms with Crippen LogP contribution in [-0.2, 0) is 0 Å². The Balaban J connectivity index is 2.03. The topological polar surface area (TPSA) is 42.2 Å². The Hall–Kier alpha value is -1.13. The molecule has 0 aromatic carbocycles. The van der Waals surface area contributed by atoms with Crippen molar-refractivity contribution in [2.75, 3.05) is 13.1 Å². The third-order valence-electron chi connectivity index (χ3n) is 3.20. The average molecular weight is 251 g/mol. The molecule has 1 aliphatic rings. The highest BCUT2D eigenvalue weighted by molar-refractivity contribution is 6.33. The van der Waals surface area contributed by atoms with E-state index in [4.69, 9.17) is 11.6 Å². The SMILES string of the molecule is Cc1cc(Cl)c2nc(C3CCCNC3)nn2c1. The van der Waals surface area contributed by atoms with Crippen LogP contribution >= 0.6 is 11.6 Å². The van der Waals surface area contributed by atoms with Crippen molar-refractivity contribution in [1.29, 1.82) is 0 Å². The molecule has 1 saturated heterocycles. The third-order valence-corrected chi connectivity index (χ3v) is 3.48. The lowest BCUT2D eigenvalue weighted by Gasteiger charge is -2.19. The van der Waals surface area contributed by atoms with E-state index >= 15 is 0 Å². The average Bonchev–Trinajstić information content (AvgIpc) is 2.74. The third kappa shape index (κ3) is 2.03. The summed E-state index contributed by atoms with van der Waals surface area (Å²) in [6, 6.07) is 1.93. The summed E-state index contributed by atoms with van der Waals surface area (Å²) in [5.74, 6) is 1.32. The zero-order valence-corrected chi connectivity index (χ0v) is 10.5. The normalized spacial score (nSPS) is 20.9. The van der Waals surface area contributed by atoms with E-state index in [0.717, 1.165) is 36.5 Å². The molecule has 0 aliphatic carbocycles. The molecule has 0 saturated carbocycles. The minimum absolute atomic E-state index is 0.417. The van der Waals surface area contributed by atoms with Crippen LogP contribution in [-0.4, -0.2) is 27.7 Å². The number of aryl methyl sites for hydroxylation is 1. The van der Waals surface area contributed by atoms with Crippen molar-refractivity contribution < 1.29 is 0 Å². The number of hydrogen-bond acceptors (Lipinski definition) is 3. The van der Waals surface area contributed by atoms with Gasteiger partial charge in [0.1, 0.15) is 0 Å². The van der Waals surface area contributed by atoms with Crippen LogP contribution in [0.1, 0.15) is 30.1 Å². The molecule has 0 bridgehead atoms. The Morgan fingerprint density at radius 2 is 2.41 bits per heavy atom. The van der Waals surface area contributed by atoms with Crippen molar-refractivity contribution in [1.82, 2.24) is 19.9 Å². The van der Waals surface area contributed by atoms with E-state index in [2.05, 4.69) is 15.4 Å². The van der Waals surface area contributed by atoms with Gasteiger partial charge in [-0.1, -0.05) is 11.6 Å². The molecule has 1 fully saturated rings. The highest BCUT2D eigenvalue weighted by atomic mass is 35.5. The number of rotatable bonds is 1. The second-order valence-electron chi connectivity index (χ2n) is 4.65. The maximum absolute atomic E-state index is 6.18. The second kappa shape index (κ2) is 4.27. The van der Waals surface area contributed by atoms with Crippen LogP contribution in [0.25, 0.3) is 5.65 Å². The molecule has 2 aromatic heterocycles. The van der Waals surface area contributed by atoms with Gasteiger partial charge in [-0.05, 0) is 37.9 Å².